The Morgan fingerprint density at radius 2 is 2.29 bits per heavy atom. The minimum absolute atomic E-state index is 0.129. The van der Waals surface area contributed by atoms with Crippen LogP contribution in [0, 0.1) is 0 Å². The second kappa shape index (κ2) is 5.41. The zero-order chi connectivity index (χ0) is 15.0. The molecule has 2 aliphatic heterocycles. The van der Waals surface area contributed by atoms with Gasteiger partial charge in [-0.1, -0.05) is 11.6 Å². The van der Waals surface area contributed by atoms with E-state index < -0.39 is 6.04 Å². The molecule has 3 rings (SSSR count). The van der Waals surface area contributed by atoms with E-state index >= 15 is 0 Å². The summed E-state index contributed by atoms with van der Waals surface area (Å²) in [6.45, 7) is 2.91. The quantitative estimate of drug-likeness (QED) is 0.854. The first-order chi connectivity index (χ1) is 10.1. The first-order valence-electron chi connectivity index (χ1n) is 6.78. The minimum atomic E-state index is -0.465. The predicted octanol–water partition coefficient (Wildman–Crippen LogP) is 1.46. The molecule has 1 saturated heterocycles. The Morgan fingerprint density at radius 1 is 1.48 bits per heavy atom. The maximum Gasteiger partial charge on any atom is 0.253 e. The second-order valence-electron chi connectivity index (χ2n) is 5.11. The van der Waals surface area contributed by atoms with E-state index in [-0.39, 0.29) is 18.4 Å². The Hall–Kier alpha value is -2.01. The molecule has 2 heterocycles. The van der Waals surface area contributed by atoms with Crippen LogP contribution in [0.1, 0.15) is 12.5 Å². The molecule has 21 heavy (non-hydrogen) atoms. The summed E-state index contributed by atoms with van der Waals surface area (Å²) in [4.78, 5) is 25.8. The number of ether oxygens (including phenoxy) is 1. The van der Waals surface area contributed by atoms with Gasteiger partial charge in [-0.25, -0.2) is 0 Å². The van der Waals surface area contributed by atoms with Crippen LogP contribution in [0.5, 0.6) is 5.75 Å². The van der Waals surface area contributed by atoms with Gasteiger partial charge in [0.05, 0.1) is 5.57 Å². The van der Waals surface area contributed by atoms with E-state index in [4.69, 9.17) is 16.3 Å². The van der Waals surface area contributed by atoms with E-state index in [0.717, 1.165) is 5.56 Å². The number of halogens is 1. The number of nitrogens with zero attached hydrogens (tertiary/aromatic N) is 1. The summed E-state index contributed by atoms with van der Waals surface area (Å²) < 4.78 is 5.59. The third-order valence-corrected chi connectivity index (χ3v) is 3.95. The molecule has 2 amide bonds. The molecule has 0 aromatic heterocycles. The summed E-state index contributed by atoms with van der Waals surface area (Å²) in [5, 5.41) is 3.33. The zero-order valence-electron chi connectivity index (χ0n) is 11.6. The molecule has 1 aromatic rings. The lowest BCUT2D eigenvalue weighted by Crippen LogP contribution is -2.56. The van der Waals surface area contributed by atoms with Crippen LogP contribution in [0.25, 0.3) is 6.08 Å². The Bertz CT molecular complexity index is 642. The fourth-order valence-electron chi connectivity index (χ4n) is 2.52. The molecular weight excluding hydrogens is 292 g/mol. The van der Waals surface area contributed by atoms with Gasteiger partial charge >= 0.3 is 0 Å². The van der Waals surface area contributed by atoms with E-state index in [1.165, 1.54) is 0 Å². The average Bonchev–Trinajstić information content (AvgIpc) is 2.48. The van der Waals surface area contributed by atoms with Crippen LogP contribution in [0.15, 0.2) is 23.8 Å². The number of fused-ring (bicyclic) bond motifs is 1. The molecule has 1 unspecified atom stereocenters. The van der Waals surface area contributed by atoms with Gasteiger partial charge < -0.3 is 15.0 Å². The zero-order valence-corrected chi connectivity index (χ0v) is 12.3. The van der Waals surface area contributed by atoms with Gasteiger partial charge in [0.2, 0.25) is 5.91 Å². The standard InChI is InChI=1S/C15H15ClN2O3/c1-9-14(19)17-4-5-18(9)15(20)11-6-10-7-12(16)2-3-13(10)21-8-11/h2-3,6-7,9H,4-5,8H2,1H3,(H,17,19). The van der Waals surface area contributed by atoms with Gasteiger partial charge in [0.15, 0.2) is 0 Å². The highest BCUT2D eigenvalue weighted by molar-refractivity contribution is 6.30. The first-order valence-corrected chi connectivity index (χ1v) is 7.15. The molecule has 5 nitrogen and oxygen atoms in total. The topological polar surface area (TPSA) is 58.6 Å². The van der Waals surface area contributed by atoms with Crippen molar-refractivity contribution in [2.75, 3.05) is 19.7 Å². The van der Waals surface area contributed by atoms with Crippen LogP contribution < -0.4 is 10.1 Å². The van der Waals surface area contributed by atoms with Crippen molar-refractivity contribution in [2.24, 2.45) is 0 Å². The Morgan fingerprint density at radius 3 is 3.10 bits per heavy atom. The van der Waals surface area contributed by atoms with Crippen molar-refractivity contribution in [3.63, 3.8) is 0 Å². The van der Waals surface area contributed by atoms with E-state index in [0.29, 0.717) is 29.4 Å². The van der Waals surface area contributed by atoms with E-state index in [1.54, 1.807) is 36.1 Å². The average molecular weight is 307 g/mol. The van der Waals surface area contributed by atoms with Crippen LogP contribution in [0.3, 0.4) is 0 Å². The summed E-state index contributed by atoms with van der Waals surface area (Å²) in [7, 11) is 0. The maximum absolute atomic E-state index is 12.6. The van der Waals surface area contributed by atoms with Crippen LogP contribution in [-0.2, 0) is 9.59 Å². The van der Waals surface area contributed by atoms with E-state index in [1.807, 2.05) is 0 Å². The summed E-state index contributed by atoms with van der Waals surface area (Å²) in [5.74, 6) is 0.415. The first kappa shape index (κ1) is 13.9. The van der Waals surface area contributed by atoms with Crippen LogP contribution >= 0.6 is 11.6 Å². The normalized spacial score (nSPS) is 21.0. The van der Waals surface area contributed by atoms with Crippen molar-refractivity contribution in [3.05, 3.63) is 34.4 Å². The molecule has 6 heteroatoms. The lowest BCUT2D eigenvalue weighted by Gasteiger charge is -2.34. The van der Waals surface area contributed by atoms with Crippen LogP contribution in [0.4, 0.5) is 0 Å². The van der Waals surface area contributed by atoms with Crippen molar-refractivity contribution in [3.8, 4) is 5.75 Å². The molecule has 0 saturated carbocycles. The third kappa shape index (κ3) is 2.61. The maximum atomic E-state index is 12.6. The van der Waals surface area contributed by atoms with Gasteiger partial charge in [0.1, 0.15) is 18.4 Å². The molecular formula is C15H15ClN2O3. The summed E-state index contributed by atoms with van der Waals surface area (Å²) in [5.41, 5.74) is 1.32. The summed E-state index contributed by atoms with van der Waals surface area (Å²) in [6.07, 6.45) is 1.78. The van der Waals surface area contributed by atoms with Crippen molar-refractivity contribution in [1.29, 1.82) is 0 Å². The van der Waals surface area contributed by atoms with Crippen molar-refractivity contribution < 1.29 is 14.3 Å². The molecule has 1 atom stereocenters. The number of carbonyl (C=O) groups is 2. The van der Waals surface area contributed by atoms with Gasteiger partial charge in [0, 0.05) is 23.7 Å². The van der Waals surface area contributed by atoms with E-state index in [2.05, 4.69) is 5.32 Å². The number of nitrogens with one attached hydrogen (secondary N) is 1. The van der Waals surface area contributed by atoms with Crippen molar-refractivity contribution in [1.82, 2.24) is 10.2 Å². The molecule has 1 fully saturated rings. The number of hydrogen-bond acceptors (Lipinski definition) is 3. The number of benzene rings is 1. The molecule has 0 spiro atoms. The highest BCUT2D eigenvalue weighted by Crippen LogP contribution is 2.29. The SMILES string of the molecule is CC1C(=O)NCCN1C(=O)C1=Cc2cc(Cl)ccc2OC1. The van der Waals surface area contributed by atoms with Crippen LogP contribution in [0.2, 0.25) is 5.02 Å². The number of amides is 2. The molecule has 0 aliphatic carbocycles. The third-order valence-electron chi connectivity index (χ3n) is 3.72. The fourth-order valence-corrected chi connectivity index (χ4v) is 2.70. The largest absolute Gasteiger partial charge is 0.488 e. The molecule has 110 valence electrons. The molecule has 2 aliphatic rings. The van der Waals surface area contributed by atoms with Crippen molar-refractivity contribution in [2.45, 2.75) is 13.0 Å². The number of carbonyl (C=O) groups excluding carboxylic acids is 2. The Kier molecular flexibility index (Phi) is 3.59. The molecule has 0 radical (unpaired) electrons. The van der Waals surface area contributed by atoms with Crippen molar-refractivity contribution >= 4 is 29.5 Å². The van der Waals surface area contributed by atoms with Gasteiger partial charge in [-0.15, -0.1) is 0 Å². The fraction of sp³-hybridized carbons (Fsp3) is 0.333. The molecule has 0 bridgehead atoms. The van der Waals surface area contributed by atoms with Crippen LogP contribution in [-0.4, -0.2) is 42.5 Å². The smallest absolute Gasteiger partial charge is 0.253 e. The number of hydrogen-bond donors (Lipinski definition) is 1. The minimum Gasteiger partial charge on any atom is -0.488 e. The van der Waals surface area contributed by atoms with E-state index in [9.17, 15) is 9.59 Å². The summed E-state index contributed by atoms with van der Waals surface area (Å²) >= 11 is 5.96. The Labute approximate surface area is 127 Å². The highest BCUT2D eigenvalue weighted by atomic mass is 35.5. The summed E-state index contributed by atoms with van der Waals surface area (Å²) in [6, 6.07) is 4.83. The monoisotopic (exact) mass is 306 g/mol. The second-order valence-corrected chi connectivity index (χ2v) is 5.54. The van der Waals surface area contributed by atoms with Gasteiger partial charge in [0.25, 0.3) is 5.91 Å². The predicted molar refractivity (Wildman–Crippen MR) is 79.1 cm³/mol. The number of piperazine rings is 1. The van der Waals surface area contributed by atoms with Gasteiger partial charge in [-0.2, -0.15) is 0 Å². The van der Waals surface area contributed by atoms with Gasteiger partial charge in [-0.3, -0.25) is 9.59 Å². The highest BCUT2D eigenvalue weighted by Gasteiger charge is 2.31. The van der Waals surface area contributed by atoms with Gasteiger partial charge in [-0.05, 0) is 31.2 Å². The molecule has 1 aromatic carbocycles. The Balaban J connectivity index is 1.87. The number of rotatable bonds is 1. The lowest BCUT2D eigenvalue weighted by atomic mass is 10.1. The molecule has 1 N–H and O–H groups in total. The lowest BCUT2D eigenvalue weighted by molar-refractivity contribution is -0.140.